The molecule has 0 heterocycles. The lowest BCUT2D eigenvalue weighted by Crippen LogP contribution is -2.36. The summed E-state index contributed by atoms with van der Waals surface area (Å²) < 4.78 is 16.2. The summed E-state index contributed by atoms with van der Waals surface area (Å²) in [7, 11) is 1.69. The molecular formula is C12H27NO3. The Kier molecular flexibility index (Phi) is 9.92. The van der Waals surface area contributed by atoms with E-state index in [0.29, 0.717) is 25.9 Å². The van der Waals surface area contributed by atoms with Crippen molar-refractivity contribution >= 4 is 0 Å². The standard InChI is InChI=1S/C12H27NO3/c1-10(2)13-8-12(9-14-5)16-7-6-15-11(3)4/h10-13H,6-9H2,1-5H3. The Hall–Kier alpha value is -0.160. The highest BCUT2D eigenvalue weighted by atomic mass is 16.5. The molecule has 1 unspecified atom stereocenters. The van der Waals surface area contributed by atoms with Gasteiger partial charge < -0.3 is 19.5 Å². The van der Waals surface area contributed by atoms with Gasteiger partial charge in [0.2, 0.25) is 0 Å². The van der Waals surface area contributed by atoms with E-state index in [4.69, 9.17) is 14.2 Å². The van der Waals surface area contributed by atoms with Crippen molar-refractivity contribution < 1.29 is 14.2 Å². The van der Waals surface area contributed by atoms with E-state index in [0.717, 1.165) is 6.54 Å². The molecule has 0 spiro atoms. The molecule has 0 saturated heterocycles. The van der Waals surface area contributed by atoms with Gasteiger partial charge in [-0.2, -0.15) is 0 Å². The van der Waals surface area contributed by atoms with Crippen molar-refractivity contribution in [2.24, 2.45) is 0 Å². The molecule has 0 fully saturated rings. The molecule has 1 atom stereocenters. The second-order valence-corrected chi connectivity index (χ2v) is 4.43. The van der Waals surface area contributed by atoms with E-state index in [1.54, 1.807) is 7.11 Å². The van der Waals surface area contributed by atoms with Crippen molar-refractivity contribution in [3.63, 3.8) is 0 Å². The first-order valence-electron chi connectivity index (χ1n) is 6.01. The van der Waals surface area contributed by atoms with Crippen LogP contribution in [0.1, 0.15) is 27.7 Å². The van der Waals surface area contributed by atoms with Gasteiger partial charge in [0.05, 0.1) is 32.0 Å². The van der Waals surface area contributed by atoms with Crippen LogP contribution in [0.4, 0.5) is 0 Å². The Bertz CT molecular complexity index is 151. The number of hydrogen-bond donors (Lipinski definition) is 1. The van der Waals surface area contributed by atoms with E-state index in [9.17, 15) is 0 Å². The molecular weight excluding hydrogens is 206 g/mol. The average molecular weight is 233 g/mol. The largest absolute Gasteiger partial charge is 0.382 e. The van der Waals surface area contributed by atoms with Gasteiger partial charge in [0.25, 0.3) is 0 Å². The number of nitrogens with one attached hydrogen (secondary N) is 1. The summed E-state index contributed by atoms with van der Waals surface area (Å²) in [5.41, 5.74) is 0. The molecule has 1 N–H and O–H groups in total. The zero-order chi connectivity index (χ0) is 12.4. The third-order valence-electron chi connectivity index (χ3n) is 1.99. The van der Waals surface area contributed by atoms with Crippen molar-refractivity contribution in [1.82, 2.24) is 5.32 Å². The van der Waals surface area contributed by atoms with Crippen LogP contribution in [0.3, 0.4) is 0 Å². The molecule has 4 nitrogen and oxygen atoms in total. The smallest absolute Gasteiger partial charge is 0.0933 e. The van der Waals surface area contributed by atoms with Gasteiger partial charge in [0, 0.05) is 19.7 Å². The van der Waals surface area contributed by atoms with Crippen LogP contribution in [-0.2, 0) is 14.2 Å². The van der Waals surface area contributed by atoms with E-state index < -0.39 is 0 Å². The molecule has 0 aromatic carbocycles. The minimum Gasteiger partial charge on any atom is -0.382 e. The molecule has 0 amide bonds. The van der Waals surface area contributed by atoms with Crippen molar-refractivity contribution in [2.75, 3.05) is 33.5 Å². The quantitative estimate of drug-likeness (QED) is 0.580. The van der Waals surface area contributed by atoms with Gasteiger partial charge in [0.1, 0.15) is 0 Å². The molecule has 0 bridgehead atoms. The number of ether oxygens (including phenoxy) is 3. The Morgan fingerprint density at radius 2 is 1.62 bits per heavy atom. The van der Waals surface area contributed by atoms with Crippen LogP contribution >= 0.6 is 0 Å². The summed E-state index contributed by atoms with van der Waals surface area (Å²) in [5.74, 6) is 0. The lowest BCUT2D eigenvalue weighted by molar-refractivity contribution is -0.0378. The molecule has 0 aliphatic rings. The zero-order valence-corrected chi connectivity index (χ0v) is 11.3. The predicted molar refractivity (Wildman–Crippen MR) is 65.8 cm³/mol. The summed E-state index contributed by atoms with van der Waals surface area (Å²) in [4.78, 5) is 0. The molecule has 0 rings (SSSR count). The lowest BCUT2D eigenvalue weighted by atomic mass is 10.3. The van der Waals surface area contributed by atoms with Crippen LogP contribution in [0.25, 0.3) is 0 Å². The van der Waals surface area contributed by atoms with Crippen molar-refractivity contribution in [1.29, 1.82) is 0 Å². The number of methoxy groups -OCH3 is 1. The van der Waals surface area contributed by atoms with Gasteiger partial charge in [-0.3, -0.25) is 0 Å². The maximum atomic E-state index is 5.67. The van der Waals surface area contributed by atoms with Crippen LogP contribution < -0.4 is 5.32 Å². The van der Waals surface area contributed by atoms with Crippen LogP contribution in [-0.4, -0.2) is 51.7 Å². The first kappa shape index (κ1) is 15.8. The minimum atomic E-state index is 0.100. The van der Waals surface area contributed by atoms with Gasteiger partial charge in [0.15, 0.2) is 0 Å². The molecule has 0 radical (unpaired) electrons. The van der Waals surface area contributed by atoms with Crippen LogP contribution in [0, 0.1) is 0 Å². The van der Waals surface area contributed by atoms with Crippen LogP contribution in [0.5, 0.6) is 0 Å². The highest BCUT2D eigenvalue weighted by Crippen LogP contribution is 1.95. The summed E-state index contributed by atoms with van der Waals surface area (Å²) in [6.07, 6.45) is 0.362. The Morgan fingerprint density at radius 1 is 1.00 bits per heavy atom. The minimum absolute atomic E-state index is 0.100. The molecule has 98 valence electrons. The molecule has 16 heavy (non-hydrogen) atoms. The van der Waals surface area contributed by atoms with Crippen molar-refractivity contribution in [3.8, 4) is 0 Å². The van der Waals surface area contributed by atoms with Crippen molar-refractivity contribution in [2.45, 2.75) is 45.9 Å². The van der Waals surface area contributed by atoms with Gasteiger partial charge in [-0.25, -0.2) is 0 Å². The normalized spacial score (nSPS) is 13.7. The van der Waals surface area contributed by atoms with E-state index in [2.05, 4.69) is 19.2 Å². The second kappa shape index (κ2) is 10.0. The van der Waals surface area contributed by atoms with Gasteiger partial charge >= 0.3 is 0 Å². The number of hydrogen-bond acceptors (Lipinski definition) is 4. The van der Waals surface area contributed by atoms with Crippen LogP contribution in [0.15, 0.2) is 0 Å². The Morgan fingerprint density at radius 3 is 2.12 bits per heavy atom. The monoisotopic (exact) mass is 233 g/mol. The summed E-state index contributed by atoms with van der Waals surface area (Å²) >= 11 is 0. The van der Waals surface area contributed by atoms with E-state index in [1.165, 1.54) is 0 Å². The zero-order valence-electron chi connectivity index (χ0n) is 11.3. The predicted octanol–water partition coefficient (Wildman–Crippen LogP) is 1.44. The van der Waals surface area contributed by atoms with Crippen molar-refractivity contribution in [3.05, 3.63) is 0 Å². The highest BCUT2D eigenvalue weighted by molar-refractivity contribution is 4.63. The van der Waals surface area contributed by atoms with E-state index >= 15 is 0 Å². The fraction of sp³-hybridized carbons (Fsp3) is 1.00. The molecule has 0 aliphatic carbocycles. The van der Waals surface area contributed by atoms with Gasteiger partial charge in [-0.15, -0.1) is 0 Å². The first-order valence-corrected chi connectivity index (χ1v) is 6.01. The highest BCUT2D eigenvalue weighted by Gasteiger charge is 2.09. The summed E-state index contributed by atoms with van der Waals surface area (Å²) in [6.45, 7) is 11.0. The maximum absolute atomic E-state index is 5.67. The number of rotatable bonds is 10. The first-order chi connectivity index (χ1) is 7.56. The second-order valence-electron chi connectivity index (χ2n) is 4.43. The van der Waals surface area contributed by atoms with Crippen LogP contribution in [0.2, 0.25) is 0 Å². The third kappa shape index (κ3) is 10.4. The molecule has 0 aromatic heterocycles. The topological polar surface area (TPSA) is 39.7 Å². The SMILES string of the molecule is COCC(CNC(C)C)OCCOC(C)C. The average Bonchev–Trinajstić information content (AvgIpc) is 2.20. The fourth-order valence-electron chi connectivity index (χ4n) is 1.22. The van der Waals surface area contributed by atoms with E-state index in [-0.39, 0.29) is 12.2 Å². The molecule has 4 heteroatoms. The Labute approximate surface area is 99.6 Å². The van der Waals surface area contributed by atoms with Gasteiger partial charge in [-0.1, -0.05) is 13.8 Å². The third-order valence-corrected chi connectivity index (χ3v) is 1.99. The summed E-state index contributed by atoms with van der Waals surface area (Å²) in [6, 6.07) is 0.467. The lowest BCUT2D eigenvalue weighted by Gasteiger charge is -2.19. The molecule has 0 aliphatic heterocycles. The summed E-state index contributed by atoms with van der Waals surface area (Å²) in [5, 5.41) is 3.33. The fourth-order valence-corrected chi connectivity index (χ4v) is 1.22. The Balaban J connectivity index is 3.59. The van der Waals surface area contributed by atoms with E-state index in [1.807, 2.05) is 13.8 Å². The molecule has 0 aromatic rings. The van der Waals surface area contributed by atoms with Gasteiger partial charge in [-0.05, 0) is 13.8 Å². The molecule has 0 saturated carbocycles. The maximum Gasteiger partial charge on any atom is 0.0933 e.